The molecule has 2 aliphatic heterocycles. The molecule has 0 amide bonds. The lowest BCUT2D eigenvalue weighted by molar-refractivity contribution is 0.102. The van der Waals surface area contributed by atoms with Crippen molar-refractivity contribution in [3.8, 4) is 11.5 Å². The molecular weight excluding hydrogens is 272 g/mol. The van der Waals surface area contributed by atoms with E-state index in [1.165, 1.54) is 7.11 Å². The van der Waals surface area contributed by atoms with Gasteiger partial charge in [-0.15, -0.1) is 6.58 Å². The lowest BCUT2D eigenvalue weighted by Crippen LogP contribution is -2.06. The van der Waals surface area contributed by atoms with Gasteiger partial charge in [-0.25, -0.2) is 0 Å². The smallest absolute Gasteiger partial charge is 0.160 e. The fourth-order valence-electron chi connectivity index (χ4n) is 1.68. The van der Waals surface area contributed by atoms with Crippen molar-refractivity contribution in [3.05, 3.63) is 36.4 Å². The number of aromatic hydroxyl groups is 1. The van der Waals surface area contributed by atoms with E-state index in [4.69, 9.17) is 18.9 Å². The van der Waals surface area contributed by atoms with Crippen LogP contribution in [0.25, 0.3) is 0 Å². The fraction of sp³-hybridized carbons (Fsp3) is 0.500. The van der Waals surface area contributed by atoms with Crippen LogP contribution in [-0.4, -0.2) is 50.9 Å². The highest BCUT2D eigenvalue weighted by Gasteiger charge is 2.26. The highest BCUT2D eigenvalue weighted by molar-refractivity contribution is 5.42. The second-order valence-electron chi connectivity index (χ2n) is 4.95. The van der Waals surface area contributed by atoms with Gasteiger partial charge in [-0.1, -0.05) is 12.1 Å². The van der Waals surface area contributed by atoms with Crippen molar-refractivity contribution in [1.82, 2.24) is 0 Å². The number of allylic oxidation sites excluding steroid dienone is 1. The van der Waals surface area contributed by atoms with Crippen LogP contribution in [0.1, 0.15) is 5.56 Å². The van der Waals surface area contributed by atoms with Crippen LogP contribution >= 0.6 is 0 Å². The maximum Gasteiger partial charge on any atom is 0.160 e. The summed E-state index contributed by atoms with van der Waals surface area (Å²) in [6.45, 7) is 6.89. The maximum atomic E-state index is 9.25. The summed E-state index contributed by atoms with van der Waals surface area (Å²) < 4.78 is 20.1. The van der Waals surface area contributed by atoms with Crippen molar-refractivity contribution in [2.45, 2.75) is 18.6 Å². The fourth-order valence-corrected chi connectivity index (χ4v) is 1.68. The second-order valence-corrected chi connectivity index (χ2v) is 4.95. The van der Waals surface area contributed by atoms with Crippen LogP contribution in [0.4, 0.5) is 0 Å². The molecule has 0 radical (unpaired) electrons. The molecule has 2 heterocycles. The zero-order chi connectivity index (χ0) is 15.1. The Kier molecular flexibility index (Phi) is 6.04. The Morgan fingerprint density at radius 2 is 1.90 bits per heavy atom. The predicted octanol–water partition coefficient (Wildman–Crippen LogP) is 1.93. The molecule has 1 aromatic carbocycles. The Bertz CT molecular complexity index is 440. The third-order valence-electron chi connectivity index (χ3n) is 3.04. The topological polar surface area (TPSA) is 63.8 Å². The molecule has 1 N–H and O–H groups in total. The third kappa shape index (κ3) is 6.16. The Morgan fingerprint density at radius 1 is 1.29 bits per heavy atom. The first-order valence-electron chi connectivity index (χ1n) is 7.00. The van der Waals surface area contributed by atoms with Gasteiger partial charge in [0.15, 0.2) is 11.5 Å². The summed E-state index contributed by atoms with van der Waals surface area (Å²) in [5, 5.41) is 9.25. The van der Waals surface area contributed by atoms with Crippen molar-refractivity contribution < 1.29 is 24.1 Å². The van der Waals surface area contributed by atoms with Crippen molar-refractivity contribution in [3.63, 3.8) is 0 Å². The van der Waals surface area contributed by atoms with Crippen LogP contribution < -0.4 is 4.74 Å². The first-order valence-corrected chi connectivity index (χ1v) is 7.00. The molecule has 5 heteroatoms. The van der Waals surface area contributed by atoms with Gasteiger partial charge in [-0.05, 0) is 24.1 Å². The van der Waals surface area contributed by atoms with E-state index < -0.39 is 0 Å². The van der Waals surface area contributed by atoms with Gasteiger partial charge < -0.3 is 24.1 Å². The lowest BCUT2D eigenvalue weighted by Gasteiger charge is -2.04. The van der Waals surface area contributed by atoms with Crippen LogP contribution in [0.2, 0.25) is 0 Å². The lowest BCUT2D eigenvalue weighted by atomic mass is 10.1. The molecule has 2 saturated heterocycles. The van der Waals surface area contributed by atoms with Gasteiger partial charge in [0.2, 0.25) is 0 Å². The van der Waals surface area contributed by atoms with Crippen molar-refractivity contribution in [2.75, 3.05) is 33.5 Å². The van der Waals surface area contributed by atoms with E-state index in [0.717, 1.165) is 38.4 Å². The van der Waals surface area contributed by atoms with Gasteiger partial charge in [0.1, 0.15) is 12.2 Å². The van der Waals surface area contributed by atoms with E-state index >= 15 is 0 Å². The van der Waals surface area contributed by atoms with E-state index in [1.807, 2.05) is 12.1 Å². The van der Waals surface area contributed by atoms with Gasteiger partial charge in [0.25, 0.3) is 0 Å². The molecule has 21 heavy (non-hydrogen) atoms. The van der Waals surface area contributed by atoms with Crippen LogP contribution in [0.3, 0.4) is 0 Å². The standard InChI is InChI=1S/C10H12O2.C6H10O3/c1-3-4-8-5-6-9(11)10(7-8)12-2;1(5-3-8-5)7-2-6-4-9-6/h3,5-7,11H,1,4H2,2H3;5-6H,1-4H2. The Hall–Kier alpha value is -1.56. The molecule has 5 nitrogen and oxygen atoms in total. The molecule has 1 aromatic rings. The Morgan fingerprint density at radius 3 is 2.38 bits per heavy atom. The molecule has 116 valence electrons. The van der Waals surface area contributed by atoms with Crippen LogP contribution in [0, 0.1) is 0 Å². The van der Waals surface area contributed by atoms with Gasteiger partial charge >= 0.3 is 0 Å². The Balaban J connectivity index is 0.000000159. The van der Waals surface area contributed by atoms with E-state index in [0.29, 0.717) is 18.0 Å². The summed E-state index contributed by atoms with van der Waals surface area (Å²) >= 11 is 0. The number of hydrogen-bond donors (Lipinski definition) is 1. The number of ether oxygens (including phenoxy) is 4. The zero-order valence-corrected chi connectivity index (χ0v) is 12.3. The summed E-state index contributed by atoms with van der Waals surface area (Å²) in [7, 11) is 1.53. The molecule has 3 rings (SSSR count). The quantitative estimate of drug-likeness (QED) is 0.615. The molecule has 0 saturated carbocycles. The van der Waals surface area contributed by atoms with Crippen LogP contribution in [0.5, 0.6) is 11.5 Å². The summed E-state index contributed by atoms with van der Waals surface area (Å²) in [6, 6.07) is 5.27. The summed E-state index contributed by atoms with van der Waals surface area (Å²) in [6.07, 6.45) is 3.38. The number of phenolic OH excluding ortho intramolecular Hbond substituents is 1. The largest absolute Gasteiger partial charge is 0.504 e. The molecule has 2 aliphatic rings. The van der Waals surface area contributed by atoms with E-state index in [-0.39, 0.29) is 5.75 Å². The number of epoxide rings is 2. The van der Waals surface area contributed by atoms with Crippen LogP contribution in [-0.2, 0) is 20.6 Å². The average Bonchev–Trinajstić information content (AvgIpc) is 3.36. The molecule has 2 fully saturated rings. The van der Waals surface area contributed by atoms with E-state index in [1.54, 1.807) is 12.1 Å². The van der Waals surface area contributed by atoms with E-state index in [9.17, 15) is 5.11 Å². The number of phenols is 1. The predicted molar refractivity (Wildman–Crippen MR) is 78.9 cm³/mol. The van der Waals surface area contributed by atoms with Gasteiger partial charge in [-0.2, -0.15) is 0 Å². The Labute approximate surface area is 125 Å². The minimum absolute atomic E-state index is 0.172. The maximum absolute atomic E-state index is 9.25. The van der Waals surface area contributed by atoms with Crippen molar-refractivity contribution >= 4 is 0 Å². The number of benzene rings is 1. The van der Waals surface area contributed by atoms with Gasteiger partial charge in [0.05, 0.1) is 33.5 Å². The molecule has 0 spiro atoms. The van der Waals surface area contributed by atoms with Gasteiger partial charge in [0, 0.05) is 0 Å². The molecule has 0 bridgehead atoms. The first kappa shape index (κ1) is 15.8. The first-order chi connectivity index (χ1) is 10.2. The molecular formula is C16H22O5. The molecule has 2 unspecified atom stereocenters. The monoisotopic (exact) mass is 294 g/mol. The highest BCUT2D eigenvalue weighted by atomic mass is 16.6. The average molecular weight is 294 g/mol. The van der Waals surface area contributed by atoms with Crippen LogP contribution in [0.15, 0.2) is 30.9 Å². The minimum atomic E-state index is 0.172. The SMILES string of the molecule is C(OCC1CO1)C1CO1.C=CCc1ccc(O)c(OC)c1. The van der Waals surface area contributed by atoms with Crippen molar-refractivity contribution in [2.24, 2.45) is 0 Å². The number of methoxy groups -OCH3 is 1. The zero-order valence-electron chi connectivity index (χ0n) is 12.3. The number of hydrogen-bond acceptors (Lipinski definition) is 5. The summed E-state index contributed by atoms with van der Waals surface area (Å²) in [5.41, 5.74) is 1.08. The van der Waals surface area contributed by atoms with Crippen molar-refractivity contribution in [1.29, 1.82) is 0 Å². The molecule has 0 aliphatic carbocycles. The second kappa shape index (κ2) is 8.02. The molecule has 2 atom stereocenters. The minimum Gasteiger partial charge on any atom is -0.504 e. The summed E-state index contributed by atoms with van der Waals surface area (Å²) in [4.78, 5) is 0. The number of rotatable bonds is 7. The normalized spacial score (nSPS) is 22.0. The van der Waals surface area contributed by atoms with Gasteiger partial charge in [-0.3, -0.25) is 0 Å². The van der Waals surface area contributed by atoms with E-state index in [2.05, 4.69) is 6.58 Å². The third-order valence-corrected chi connectivity index (χ3v) is 3.04. The highest BCUT2D eigenvalue weighted by Crippen LogP contribution is 2.26. The summed E-state index contributed by atoms with van der Waals surface area (Å²) in [5.74, 6) is 0.680. The molecule has 0 aromatic heterocycles.